The fourth-order valence-corrected chi connectivity index (χ4v) is 1.91. The molecule has 84 valence electrons. The van der Waals surface area contributed by atoms with Crippen molar-refractivity contribution in [3.05, 3.63) is 22.3 Å². The number of rotatable bonds is 5. The van der Waals surface area contributed by atoms with Gasteiger partial charge < -0.3 is 5.32 Å². The molecule has 3 nitrogen and oxygen atoms in total. The van der Waals surface area contributed by atoms with Crippen LogP contribution in [0.2, 0.25) is 0 Å². The SMILES string of the molecule is CCS(=O)CCNc1cc(C)c(Br)cn1. The second-order valence-electron chi connectivity index (χ2n) is 3.18. The number of hydrogen-bond acceptors (Lipinski definition) is 3. The third kappa shape index (κ3) is 4.30. The molecule has 0 aliphatic heterocycles. The van der Waals surface area contributed by atoms with Gasteiger partial charge in [0.05, 0.1) is 0 Å². The van der Waals surface area contributed by atoms with E-state index in [0.717, 1.165) is 15.9 Å². The van der Waals surface area contributed by atoms with E-state index in [0.29, 0.717) is 18.1 Å². The highest BCUT2D eigenvalue weighted by Crippen LogP contribution is 2.16. The molecule has 0 spiro atoms. The lowest BCUT2D eigenvalue weighted by molar-refractivity contribution is 0.684. The molecule has 0 saturated heterocycles. The summed E-state index contributed by atoms with van der Waals surface area (Å²) in [6.07, 6.45) is 1.77. The van der Waals surface area contributed by atoms with Crippen molar-refractivity contribution >= 4 is 32.5 Å². The van der Waals surface area contributed by atoms with Crippen LogP contribution in [-0.4, -0.2) is 27.2 Å². The number of pyridine rings is 1. The third-order valence-corrected chi connectivity index (χ3v) is 4.14. The van der Waals surface area contributed by atoms with Crippen molar-refractivity contribution in [3.63, 3.8) is 0 Å². The Hall–Kier alpha value is -0.420. The lowest BCUT2D eigenvalue weighted by atomic mass is 10.3. The first-order valence-electron chi connectivity index (χ1n) is 4.84. The zero-order valence-electron chi connectivity index (χ0n) is 8.92. The highest BCUT2D eigenvalue weighted by molar-refractivity contribution is 9.10. The molecule has 5 heteroatoms. The van der Waals surface area contributed by atoms with E-state index in [9.17, 15) is 4.21 Å². The van der Waals surface area contributed by atoms with Crippen LogP contribution < -0.4 is 5.32 Å². The normalized spacial score (nSPS) is 12.5. The average molecular weight is 291 g/mol. The van der Waals surface area contributed by atoms with Gasteiger partial charge in [0.2, 0.25) is 0 Å². The molecule has 1 aromatic heterocycles. The number of nitrogens with one attached hydrogen (secondary N) is 1. The Bertz CT molecular complexity index is 357. The van der Waals surface area contributed by atoms with Crippen LogP contribution in [0.5, 0.6) is 0 Å². The highest BCUT2D eigenvalue weighted by atomic mass is 79.9. The highest BCUT2D eigenvalue weighted by Gasteiger charge is 1.99. The van der Waals surface area contributed by atoms with Crippen molar-refractivity contribution in [2.75, 3.05) is 23.4 Å². The van der Waals surface area contributed by atoms with E-state index in [-0.39, 0.29) is 0 Å². The summed E-state index contributed by atoms with van der Waals surface area (Å²) in [7, 11) is -0.710. The van der Waals surface area contributed by atoms with Crippen molar-refractivity contribution in [1.82, 2.24) is 4.98 Å². The van der Waals surface area contributed by atoms with Crippen molar-refractivity contribution in [1.29, 1.82) is 0 Å². The second kappa shape index (κ2) is 6.23. The van der Waals surface area contributed by atoms with Crippen LogP contribution in [0.3, 0.4) is 0 Å². The Kier molecular flexibility index (Phi) is 5.25. The van der Waals surface area contributed by atoms with Gasteiger partial charge in [0, 0.05) is 39.5 Å². The van der Waals surface area contributed by atoms with Crippen LogP contribution in [0.15, 0.2) is 16.7 Å². The van der Waals surface area contributed by atoms with Crippen LogP contribution in [0.25, 0.3) is 0 Å². The van der Waals surface area contributed by atoms with Crippen LogP contribution in [-0.2, 0) is 10.8 Å². The lowest BCUT2D eigenvalue weighted by Crippen LogP contribution is -2.12. The van der Waals surface area contributed by atoms with E-state index in [1.807, 2.05) is 19.9 Å². The Morgan fingerprint density at radius 3 is 2.93 bits per heavy atom. The molecule has 0 bridgehead atoms. The van der Waals surface area contributed by atoms with Crippen LogP contribution >= 0.6 is 15.9 Å². The minimum Gasteiger partial charge on any atom is -0.369 e. The Morgan fingerprint density at radius 2 is 2.33 bits per heavy atom. The molecular formula is C10H15BrN2OS. The summed E-state index contributed by atoms with van der Waals surface area (Å²) in [5.74, 6) is 2.23. The maximum Gasteiger partial charge on any atom is 0.126 e. The molecule has 1 N–H and O–H groups in total. The number of nitrogens with zero attached hydrogens (tertiary/aromatic N) is 1. The zero-order chi connectivity index (χ0) is 11.3. The molecule has 0 saturated carbocycles. The predicted octanol–water partition coefficient (Wildman–Crippen LogP) is 2.33. The van der Waals surface area contributed by atoms with Crippen molar-refractivity contribution in [3.8, 4) is 0 Å². The van der Waals surface area contributed by atoms with Crippen molar-refractivity contribution in [2.45, 2.75) is 13.8 Å². The molecule has 0 amide bonds. The Morgan fingerprint density at radius 1 is 1.60 bits per heavy atom. The average Bonchev–Trinajstić information content (AvgIpc) is 2.23. The van der Waals surface area contributed by atoms with E-state index in [1.165, 1.54) is 0 Å². The van der Waals surface area contributed by atoms with Gasteiger partial charge in [0.1, 0.15) is 5.82 Å². The summed E-state index contributed by atoms with van der Waals surface area (Å²) in [6.45, 7) is 4.65. The lowest BCUT2D eigenvalue weighted by Gasteiger charge is -2.06. The molecule has 1 heterocycles. The molecule has 0 aliphatic rings. The first kappa shape index (κ1) is 12.6. The van der Waals surface area contributed by atoms with E-state index >= 15 is 0 Å². The minimum absolute atomic E-state index is 0.674. The summed E-state index contributed by atoms with van der Waals surface area (Å²) >= 11 is 3.39. The van der Waals surface area contributed by atoms with E-state index < -0.39 is 10.8 Å². The van der Waals surface area contributed by atoms with Crippen molar-refractivity contribution < 1.29 is 4.21 Å². The topological polar surface area (TPSA) is 42.0 Å². The summed E-state index contributed by atoms with van der Waals surface area (Å²) < 4.78 is 12.2. The molecule has 1 aromatic rings. The summed E-state index contributed by atoms with van der Waals surface area (Å²) in [4.78, 5) is 4.20. The molecule has 0 fully saturated rings. The standard InChI is InChI=1S/C10H15BrN2OS/c1-3-15(14)5-4-12-10-6-8(2)9(11)7-13-10/h6-7H,3-5H2,1-2H3,(H,12,13). The van der Waals surface area contributed by atoms with E-state index in [4.69, 9.17) is 0 Å². The molecule has 1 rings (SSSR count). The first-order valence-corrected chi connectivity index (χ1v) is 7.12. The van der Waals surface area contributed by atoms with Gasteiger partial charge >= 0.3 is 0 Å². The van der Waals surface area contributed by atoms with Gasteiger partial charge in [0.15, 0.2) is 0 Å². The molecule has 0 aliphatic carbocycles. The van der Waals surface area contributed by atoms with Gasteiger partial charge in [-0.25, -0.2) is 4.98 Å². The van der Waals surface area contributed by atoms with Crippen LogP contribution in [0.4, 0.5) is 5.82 Å². The Balaban J connectivity index is 2.44. The van der Waals surface area contributed by atoms with Gasteiger partial charge in [-0.1, -0.05) is 6.92 Å². The number of halogens is 1. The number of aryl methyl sites for hydroxylation is 1. The second-order valence-corrected chi connectivity index (χ2v) is 5.90. The molecular weight excluding hydrogens is 276 g/mol. The number of hydrogen-bond donors (Lipinski definition) is 1. The fraction of sp³-hybridized carbons (Fsp3) is 0.500. The predicted molar refractivity (Wildman–Crippen MR) is 68.7 cm³/mol. The quantitative estimate of drug-likeness (QED) is 0.905. The largest absolute Gasteiger partial charge is 0.369 e. The van der Waals surface area contributed by atoms with E-state index in [2.05, 4.69) is 26.2 Å². The number of aromatic nitrogens is 1. The van der Waals surface area contributed by atoms with E-state index in [1.54, 1.807) is 6.20 Å². The summed E-state index contributed by atoms with van der Waals surface area (Å²) in [5, 5.41) is 3.15. The summed E-state index contributed by atoms with van der Waals surface area (Å²) in [6, 6.07) is 1.97. The van der Waals surface area contributed by atoms with Crippen LogP contribution in [0.1, 0.15) is 12.5 Å². The van der Waals surface area contributed by atoms with Gasteiger partial charge in [0.25, 0.3) is 0 Å². The van der Waals surface area contributed by atoms with Crippen LogP contribution in [0, 0.1) is 6.92 Å². The Labute approximate surface area is 101 Å². The van der Waals surface area contributed by atoms with Gasteiger partial charge in [-0.05, 0) is 34.5 Å². The smallest absolute Gasteiger partial charge is 0.126 e. The molecule has 1 unspecified atom stereocenters. The first-order chi connectivity index (χ1) is 7.13. The third-order valence-electron chi connectivity index (χ3n) is 2.00. The summed E-state index contributed by atoms with van der Waals surface area (Å²) in [5.41, 5.74) is 1.14. The van der Waals surface area contributed by atoms with Gasteiger partial charge in [-0.15, -0.1) is 0 Å². The minimum atomic E-state index is -0.710. The molecule has 15 heavy (non-hydrogen) atoms. The maximum absolute atomic E-state index is 11.2. The maximum atomic E-state index is 11.2. The number of anilines is 1. The van der Waals surface area contributed by atoms with Gasteiger partial charge in [-0.3, -0.25) is 4.21 Å². The molecule has 0 radical (unpaired) electrons. The molecule has 1 atom stereocenters. The zero-order valence-corrected chi connectivity index (χ0v) is 11.3. The molecule has 0 aromatic carbocycles. The monoisotopic (exact) mass is 290 g/mol. The van der Waals surface area contributed by atoms with Gasteiger partial charge in [-0.2, -0.15) is 0 Å². The fourth-order valence-electron chi connectivity index (χ4n) is 1.07. The van der Waals surface area contributed by atoms with Crippen molar-refractivity contribution in [2.24, 2.45) is 0 Å².